The summed E-state index contributed by atoms with van der Waals surface area (Å²) in [6.07, 6.45) is 9.48. The molecular weight excluding hydrogens is 441 g/mol. The van der Waals surface area contributed by atoms with Gasteiger partial charge in [-0.15, -0.1) is 5.10 Å². The molecule has 10 nitrogen and oxygen atoms in total. The van der Waals surface area contributed by atoms with Crippen molar-refractivity contribution in [2.45, 2.75) is 50.6 Å². The lowest BCUT2D eigenvalue weighted by molar-refractivity contribution is -0.385. The Kier molecular flexibility index (Phi) is 4.75. The molecule has 0 radical (unpaired) electrons. The largest absolute Gasteiger partial charge is 0.320 e. The Bertz CT molecular complexity index is 1230. The van der Waals surface area contributed by atoms with Gasteiger partial charge in [-0.1, -0.05) is 12.1 Å². The van der Waals surface area contributed by atoms with E-state index in [9.17, 15) is 19.3 Å². The zero-order valence-corrected chi connectivity index (χ0v) is 18.4. The Morgan fingerprint density at radius 2 is 1.76 bits per heavy atom. The summed E-state index contributed by atoms with van der Waals surface area (Å²) in [7, 11) is 0. The minimum atomic E-state index is -0.713. The van der Waals surface area contributed by atoms with Crippen LogP contribution in [0.3, 0.4) is 0 Å². The van der Waals surface area contributed by atoms with Crippen LogP contribution in [0, 0.1) is 33.7 Å². The van der Waals surface area contributed by atoms with Crippen LogP contribution in [-0.2, 0) is 12.1 Å². The number of rotatable bonds is 6. The average molecular weight is 465 g/mol. The smallest absolute Gasteiger partial charge is 0.287 e. The Morgan fingerprint density at radius 1 is 1.12 bits per heavy atom. The van der Waals surface area contributed by atoms with Crippen molar-refractivity contribution in [1.29, 1.82) is 0 Å². The van der Waals surface area contributed by atoms with Gasteiger partial charge in [0.25, 0.3) is 5.91 Å². The zero-order valence-electron chi connectivity index (χ0n) is 18.4. The third kappa shape index (κ3) is 3.64. The lowest BCUT2D eigenvalue weighted by Crippen LogP contribution is -2.52. The number of anilines is 1. The van der Waals surface area contributed by atoms with E-state index in [4.69, 9.17) is 0 Å². The SMILES string of the molecule is O=C(Nc1ncn(Cc2ccc(F)cc2)n1)c1nn(C23CC4CC(CC(C4)C2)C3)cc1[N+](=O)[O-]. The molecule has 1 aromatic carbocycles. The van der Waals surface area contributed by atoms with E-state index in [-0.39, 0.29) is 28.7 Å². The maximum Gasteiger partial charge on any atom is 0.320 e. The lowest BCUT2D eigenvalue weighted by Gasteiger charge is -2.56. The first kappa shape index (κ1) is 20.9. The number of carbonyl (C=O) groups is 1. The summed E-state index contributed by atoms with van der Waals surface area (Å²) >= 11 is 0. The molecule has 2 aromatic heterocycles. The van der Waals surface area contributed by atoms with Crippen LogP contribution in [0.2, 0.25) is 0 Å². The maximum absolute atomic E-state index is 13.1. The number of nitrogens with one attached hydrogen (secondary N) is 1. The van der Waals surface area contributed by atoms with Crippen molar-refractivity contribution in [3.05, 3.63) is 64.0 Å². The second kappa shape index (κ2) is 7.71. The second-order valence-corrected chi connectivity index (χ2v) is 10.1. The van der Waals surface area contributed by atoms with Crippen molar-refractivity contribution in [2.24, 2.45) is 17.8 Å². The molecule has 1 N–H and O–H groups in total. The van der Waals surface area contributed by atoms with Crippen molar-refractivity contribution >= 4 is 17.5 Å². The normalized spacial score (nSPS) is 27.1. The fourth-order valence-electron chi connectivity index (χ4n) is 6.61. The number of benzene rings is 1. The van der Waals surface area contributed by atoms with Crippen LogP contribution >= 0.6 is 0 Å². The van der Waals surface area contributed by atoms with E-state index in [0.29, 0.717) is 24.3 Å². The summed E-state index contributed by atoms with van der Waals surface area (Å²) in [5, 5.41) is 23.0. The van der Waals surface area contributed by atoms with E-state index in [1.165, 1.54) is 48.6 Å². The lowest BCUT2D eigenvalue weighted by atomic mass is 9.53. The number of amides is 1. The molecule has 4 fully saturated rings. The molecule has 7 rings (SSSR count). The highest BCUT2D eigenvalue weighted by molar-refractivity contribution is 6.04. The maximum atomic E-state index is 13.1. The first-order chi connectivity index (χ1) is 16.4. The molecule has 0 aliphatic heterocycles. The monoisotopic (exact) mass is 465 g/mol. The number of halogens is 1. The standard InChI is InChI=1S/C23H24FN7O3/c24-18-3-1-14(2-4-18)11-29-13-25-22(28-29)26-21(32)20-19(31(33)34)12-30(27-20)23-8-15-5-16(9-23)7-17(6-15)10-23/h1-4,12-13,15-17H,5-11H2,(H,26,28,32). The topological polar surface area (TPSA) is 121 Å². The number of aromatic nitrogens is 5. The molecule has 4 saturated carbocycles. The van der Waals surface area contributed by atoms with Gasteiger partial charge in [0.1, 0.15) is 18.3 Å². The van der Waals surface area contributed by atoms with Gasteiger partial charge >= 0.3 is 5.69 Å². The van der Waals surface area contributed by atoms with Gasteiger partial charge in [0, 0.05) is 0 Å². The molecule has 4 aliphatic rings. The van der Waals surface area contributed by atoms with Crippen LogP contribution in [0.25, 0.3) is 0 Å². The molecule has 2 heterocycles. The zero-order chi connectivity index (χ0) is 23.4. The van der Waals surface area contributed by atoms with E-state index in [1.54, 1.807) is 16.8 Å². The highest BCUT2D eigenvalue weighted by atomic mass is 19.1. The van der Waals surface area contributed by atoms with E-state index < -0.39 is 10.8 Å². The molecule has 176 valence electrons. The second-order valence-electron chi connectivity index (χ2n) is 10.1. The van der Waals surface area contributed by atoms with Gasteiger partial charge in [0.05, 0.1) is 17.0 Å². The molecule has 0 atom stereocenters. The number of nitro groups is 1. The van der Waals surface area contributed by atoms with Crippen LogP contribution < -0.4 is 5.32 Å². The average Bonchev–Trinajstić information content (AvgIpc) is 3.42. The van der Waals surface area contributed by atoms with Crippen LogP contribution in [-0.4, -0.2) is 35.4 Å². The van der Waals surface area contributed by atoms with Crippen LogP contribution in [0.5, 0.6) is 0 Å². The summed E-state index contributed by atoms with van der Waals surface area (Å²) in [5.74, 6) is 0.897. The highest BCUT2D eigenvalue weighted by Gasteiger charge is 2.53. The van der Waals surface area contributed by atoms with Gasteiger partial charge in [0.2, 0.25) is 11.6 Å². The molecule has 0 unspecified atom stereocenters. The predicted molar refractivity (Wildman–Crippen MR) is 119 cm³/mol. The summed E-state index contributed by atoms with van der Waals surface area (Å²) in [6, 6.07) is 5.98. The molecule has 4 bridgehead atoms. The van der Waals surface area contributed by atoms with Crippen molar-refractivity contribution in [2.75, 3.05) is 5.32 Å². The Labute approximate surface area is 194 Å². The summed E-state index contributed by atoms with van der Waals surface area (Å²) in [4.78, 5) is 28.2. The molecule has 11 heteroatoms. The van der Waals surface area contributed by atoms with Gasteiger partial charge in [-0.25, -0.2) is 14.1 Å². The van der Waals surface area contributed by atoms with E-state index in [2.05, 4.69) is 20.5 Å². The van der Waals surface area contributed by atoms with E-state index in [0.717, 1.165) is 24.8 Å². The number of hydrogen-bond donors (Lipinski definition) is 1. The first-order valence-electron chi connectivity index (χ1n) is 11.6. The number of hydrogen-bond acceptors (Lipinski definition) is 6. The van der Waals surface area contributed by atoms with Gasteiger partial charge < -0.3 is 0 Å². The summed E-state index contributed by atoms with van der Waals surface area (Å²) < 4.78 is 16.3. The first-order valence-corrected chi connectivity index (χ1v) is 11.6. The van der Waals surface area contributed by atoms with Crippen LogP contribution in [0.1, 0.15) is 54.6 Å². The van der Waals surface area contributed by atoms with Crippen LogP contribution in [0.15, 0.2) is 36.8 Å². The van der Waals surface area contributed by atoms with Crippen molar-refractivity contribution in [1.82, 2.24) is 24.5 Å². The van der Waals surface area contributed by atoms with Crippen LogP contribution in [0.4, 0.5) is 16.0 Å². The van der Waals surface area contributed by atoms with E-state index >= 15 is 0 Å². The molecule has 1 amide bonds. The molecule has 34 heavy (non-hydrogen) atoms. The van der Waals surface area contributed by atoms with Crippen molar-refractivity contribution < 1.29 is 14.1 Å². The van der Waals surface area contributed by atoms with Crippen molar-refractivity contribution in [3.63, 3.8) is 0 Å². The van der Waals surface area contributed by atoms with Gasteiger partial charge in [-0.05, 0) is 74.0 Å². The molecule has 3 aromatic rings. The quantitative estimate of drug-likeness (QED) is 0.437. The third-order valence-corrected chi connectivity index (χ3v) is 7.62. The minimum Gasteiger partial charge on any atom is -0.287 e. The third-order valence-electron chi connectivity index (χ3n) is 7.62. The molecular formula is C23H24FN7O3. The predicted octanol–water partition coefficient (Wildman–Crippen LogP) is 3.75. The Morgan fingerprint density at radius 3 is 2.38 bits per heavy atom. The highest BCUT2D eigenvalue weighted by Crippen LogP contribution is 2.58. The van der Waals surface area contributed by atoms with Crippen molar-refractivity contribution in [3.8, 4) is 0 Å². The minimum absolute atomic E-state index is 0.0192. The Hall–Kier alpha value is -3.63. The number of nitrogens with zero attached hydrogens (tertiary/aromatic N) is 6. The van der Waals surface area contributed by atoms with Gasteiger partial charge in [-0.3, -0.25) is 24.9 Å². The molecule has 0 spiro atoms. The molecule has 0 saturated heterocycles. The summed E-state index contributed by atoms with van der Waals surface area (Å²) in [5.41, 5.74) is 0.0521. The molecule has 4 aliphatic carbocycles. The summed E-state index contributed by atoms with van der Waals surface area (Å²) in [6.45, 7) is 0.337. The van der Waals surface area contributed by atoms with Gasteiger partial charge in [-0.2, -0.15) is 5.10 Å². The fraction of sp³-hybridized carbons (Fsp3) is 0.478. The van der Waals surface area contributed by atoms with Gasteiger partial charge in [0.15, 0.2) is 0 Å². The fourth-order valence-corrected chi connectivity index (χ4v) is 6.61. The Balaban J connectivity index is 1.22. The number of carbonyl (C=O) groups excluding carboxylic acids is 1. The van der Waals surface area contributed by atoms with E-state index in [1.807, 2.05) is 0 Å².